The van der Waals surface area contributed by atoms with Crippen molar-refractivity contribution in [3.05, 3.63) is 70.0 Å². The molecule has 3 aliphatic heterocycles. The number of pyridine rings is 1. The van der Waals surface area contributed by atoms with Gasteiger partial charge in [0.2, 0.25) is 11.9 Å². The number of ether oxygens (including phenoxy) is 2. The summed E-state index contributed by atoms with van der Waals surface area (Å²) >= 11 is 1.66. The van der Waals surface area contributed by atoms with Gasteiger partial charge in [-0.3, -0.25) is 4.79 Å². The van der Waals surface area contributed by atoms with E-state index in [-0.39, 0.29) is 30.0 Å². The first-order valence-corrected chi connectivity index (χ1v) is 12.8. The van der Waals surface area contributed by atoms with E-state index in [4.69, 9.17) is 14.6 Å². The molecule has 2 aromatic rings. The van der Waals surface area contributed by atoms with Crippen molar-refractivity contribution in [3.8, 4) is 11.5 Å². The standard InChI is InChI=1S/C26H23FN3O5S/c1-14(31)35-25-21(32)11-20(30-24(25)26(33)29-6-7-34-12-23(29)28-30)19-10-17(27)8-16-13-36-22-5-3-2-4-15(22)9-18(16)19/h2-5,8,11,19,23H,6-7,9-10,12-13H2,1H3/q-1/t19?,23-/m0/s1. The minimum atomic E-state index is -0.714. The highest BCUT2D eigenvalue weighted by molar-refractivity contribution is 7.99. The summed E-state index contributed by atoms with van der Waals surface area (Å²) in [6, 6.07) is 9.40. The van der Waals surface area contributed by atoms with E-state index in [0.29, 0.717) is 31.0 Å². The van der Waals surface area contributed by atoms with Gasteiger partial charge in [-0.25, -0.2) is 4.39 Å². The van der Waals surface area contributed by atoms with E-state index in [2.05, 4.69) is 12.1 Å². The highest BCUT2D eigenvalue weighted by atomic mass is 32.2. The summed E-state index contributed by atoms with van der Waals surface area (Å²) in [4.78, 5) is 14.5. The third kappa shape index (κ3) is 3.84. The van der Waals surface area contributed by atoms with Crippen molar-refractivity contribution in [2.24, 2.45) is 5.11 Å². The second kappa shape index (κ2) is 8.94. The van der Waals surface area contributed by atoms with Crippen LogP contribution in [-0.4, -0.2) is 42.5 Å². The predicted molar refractivity (Wildman–Crippen MR) is 124 cm³/mol. The Kier molecular flexibility index (Phi) is 5.72. The molecule has 186 valence electrons. The minimum Gasteiger partial charge on any atom is -0.870 e. The van der Waals surface area contributed by atoms with E-state index in [9.17, 15) is 15.0 Å². The number of carbonyl (C=O) groups excluding carboxylic acids is 1. The second-order valence-electron chi connectivity index (χ2n) is 9.16. The van der Waals surface area contributed by atoms with Crippen molar-refractivity contribution < 1.29 is 33.2 Å². The zero-order chi connectivity index (χ0) is 25.0. The molecule has 10 heteroatoms. The Bertz CT molecular complexity index is 1470. The van der Waals surface area contributed by atoms with Gasteiger partial charge in [-0.2, -0.15) is 0 Å². The number of allylic oxidation sites excluding steroid dienone is 3. The molecular formula is C26H23FN3O5S-. The van der Waals surface area contributed by atoms with Crippen LogP contribution in [-0.2, 0) is 16.0 Å². The Balaban J connectivity index is 1.59. The van der Waals surface area contributed by atoms with Crippen LogP contribution in [0.3, 0.4) is 0 Å². The highest BCUT2D eigenvalue weighted by Crippen LogP contribution is 2.44. The van der Waals surface area contributed by atoms with Gasteiger partial charge in [-0.05, 0) is 44.8 Å². The van der Waals surface area contributed by atoms with Crippen LogP contribution in [0.2, 0.25) is 0 Å². The lowest BCUT2D eigenvalue weighted by Crippen LogP contribution is -2.60. The molecule has 4 aliphatic rings. The lowest BCUT2D eigenvalue weighted by atomic mass is 9.81. The molecule has 1 aromatic heterocycles. The number of hydrogen-bond donors (Lipinski definition) is 0. The fourth-order valence-corrected chi connectivity index (χ4v) is 6.37. The van der Waals surface area contributed by atoms with Crippen LogP contribution < -0.4 is 24.7 Å². The molecule has 1 unspecified atom stereocenters. The third-order valence-electron chi connectivity index (χ3n) is 6.89. The molecule has 0 N–H and O–H groups in total. The van der Waals surface area contributed by atoms with Gasteiger partial charge in [0.05, 0.1) is 19.1 Å². The summed E-state index contributed by atoms with van der Waals surface area (Å²) in [6.45, 7) is 2.02. The van der Waals surface area contributed by atoms with Crippen LogP contribution >= 0.6 is 11.8 Å². The smallest absolute Gasteiger partial charge is 0.308 e. The summed E-state index contributed by atoms with van der Waals surface area (Å²) in [5.41, 5.74) is 3.41. The molecule has 1 saturated heterocycles. The lowest BCUT2D eigenvalue weighted by Gasteiger charge is -2.38. The van der Waals surface area contributed by atoms with E-state index in [0.717, 1.165) is 21.6 Å². The Morgan fingerprint density at radius 3 is 3.00 bits per heavy atom. The van der Waals surface area contributed by atoms with Crippen molar-refractivity contribution in [3.63, 3.8) is 0 Å². The number of benzene rings is 1. The lowest BCUT2D eigenvalue weighted by molar-refractivity contribution is -0.590. The fourth-order valence-electron chi connectivity index (χ4n) is 5.29. The van der Waals surface area contributed by atoms with Crippen LogP contribution in [0.5, 0.6) is 11.5 Å². The van der Waals surface area contributed by atoms with Crippen molar-refractivity contribution in [2.75, 3.05) is 25.5 Å². The minimum absolute atomic E-state index is 0.0477. The molecular weight excluding hydrogens is 485 g/mol. The summed E-state index contributed by atoms with van der Waals surface area (Å²) in [5.74, 6) is -2.35. The Morgan fingerprint density at radius 2 is 2.17 bits per heavy atom. The van der Waals surface area contributed by atoms with E-state index >= 15 is 4.39 Å². The van der Waals surface area contributed by atoms with Gasteiger partial charge in [-0.1, -0.05) is 23.9 Å². The molecule has 0 saturated carbocycles. The zero-order valence-corrected chi connectivity index (χ0v) is 20.3. The van der Waals surface area contributed by atoms with E-state index in [1.807, 2.05) is 12.1 Å². The van der Waals surface area contributed by atoms with Crippen LogP contribution in [0.1, 0.15) is 30.5 Å². The molecule has 0 bridgehead atoms. The molecule has 2 atom stereocenters. The molecule has 0 spiro atoms. The predicted octanol–water partition coefficient (Wildman–Crippen LogP) is 1.09. The number of aromatic nitrogens is 1. The molecule has 1 aromatic carbocycles. The van der Waals surface area contributed by atoms with E-state index < -0.39 is 29.7 Å². The van der Waals surface area contributed by atoms with Crippen molar-refractivity contribution in [2.45, 2.75) is 36.7 Å². The number of hydrogen-bond acceptors (Lipinski definition) is 8. The first-order chi connectivity index (χ1) is 17.4. The van der Waals surface area contributed by atoms with E-state index in [1.54, 1.807) is 17.8 Å². The van der Waals surface area contributed by atoms with Crippen LogP contribution in [0, 0.1) is 0 Å². The molecule has 1 aliphatic carbocycles. The summed E-state index contributed by atoms with van der Waals surface area (Å²) in [6.07, 6.45) is 1.64. The molecule has 4 heterocycles. The van der Waals surface area contributed by atoms with Gasteiger partial charge >= 0.3 is 5.97 Å². The Labute approximate surface area is 210 Å². The Morgan fingerprint density at radius 1 is 1.33 bits per heavy atom. The quantitative estimate of drug-likeness (QED) is 0.442. The number of halogens is 1. The van der Waals surface area contributed by atoms with E-state index in [1.165, 1.54) is 22.3 Å². The number of nitrogens with zero attached hydrogens (tertiary/aromatic N) is 3. The third-order valence-corrected chi connectivity index (χ3v) is 8.06. The first kappa shape index (κ1) is 23.1. The molecule has 8 nitrogen and oxygen atoms in total. The average molecular weight is 509 g/mol. The first-order valence-electron chi connectivity index (χ1n) is 11.8. The van der Waals surface area contributed by atoms with Crippen molar-refractivity contribution in [1.82, 2.24) is 4.90 Å². The number of carbonyl (C=O) groups is 1. The van der Waals surface area contributed by atoms with Gasteiger partial charge < -0.3 is 24.6 Å². The molecule has 0 radical (unpaired) electrons. The van der Waals surface area contributed by atoms with Crippen LogP contribution in [0.15, 0.2) is 63.4 Å². The van der Waals surface area contributed by atoms with Crippen LogP contribution in [0.4, 0.5) is 4.39 Å². The normalized spacial score (nSPS) is 22.9. The number of esters is 1. The summed E-state index contributed by atoms with van der Waals surface area (Å²) in [5, 5.41) is 31.4. The number of rotatable bonds is 2. The highest BCUT2D eigenvalue weighted by Gasteiger charge is 2.38. The second-order valence-corrected chi connectivity index (χ2v) is 10.2. The van der Waals surface area contributed by atoms with Gasteiger partial charge in [0.25, 0.3) is 5.35 Å². The van der Waals surface area contributed by atoms with Gasteiger partial charge in [0.15, 0.2) is 5.75 Å². The maximum absolute atomic E-state index is 15.0. The SMILES string of the molecule is CC(=O)Oc1c([O-])cc(C2CC(F)=CC3=C2Cc2ccccc2SC3)[n+]2c1=C([O-])N1CCOC[C@H]1N=2. The summed E-state index contributed by atoms with van der Waals surface area (Å²) in [7, 11) is 0. The van der Waals surface area contributed by atoms with Gasteiger partial charge in [-0.15, -0.1) is 11.8 Å². The largest absolute Gasteiger partial charge is 0.870 e. The molecule has 6 rings (SSSR count). The van der Waals surface area contributed by atoms with Crippen LogP contribution in [0.25, 0.3) is 5.88 Å². The molecule has 36 heavy (non-hydrogen) atoms. The Hall–Kier alpha value is -3.37. The topological polar surface area (TPSA) is 103 Å². The van der Waals surface area contributed by atoms with Gasteiger partial charge in [0.1, 0.15) is 5.83 Å². The maximum atomic E-state index is 15.0. The average Bonchev–Trinajstić information content (AvgIpc) is 3.04. The van der Waals surface area contributed by atoms with Crippen molar-refractivity contribution in [1.29, 1.82) is 0 Å². The number of fused-ring (bicyclic) bond motifs is 3. The van der Waals surface area contributed by atoms with Crippen molar-refractivity contribution >= 4 is 23.6 Å². The monoisotopic (exact) mass is 508 g/mol. The zero-order valence-electron chi connectivity index (χ0n) is 19.5. The maximum Gasteiger partial charge on any atom is 0.308 e. The fraction of sp³-hybridized carbons (Fsp3) is 0.346. The van der Waals surface area contributed by atoms with Gasteiger partial charge in [0, 0.05) is 42.5 Å². The number of thioether (sulfide) groups is 1. The molecule has 1 fully saturated rings. The number of morpholine rings is 1. The summed E-state index contributed by atoms with van der Waals surface area (Å²) < 4.78 is 27.2. The molecule has 0 amide bonds.